The van der Waals surface area contributed by atoms with Crippen molar-refractivity contribution in [3.63, 3.8) is 0 Å². The van der Waals surface area contributed by atoms with Crippen molar-refractivity contribution in [1.29, 1.82) is 0 Å². The lowest BCUT2D eigenvalue weighted by molar-refractivity contribution is -0.122. The molecule has 1 saturated carbocycles. The van der Waals surface area contributed by atoms with E-state index in [1.807, 2.05) is 18.2 Å². The predicted octanol–water partition coefficient (Wildman–Crippen LogP) is 2.14. The number of rotatable bonds is 4. The highest BCUT2D eigenvalue weighted by molar-refractivity contribution is 5.96. The number of amides is 1. The number of benzene rings is 1. The van der Waals surface area contributed by atoms with E-state index in [9.17, 15) is 4.79 Å². The van der Waals surface area contributed by atoms with Gasteiger partial charge in [0.1, 0.15) is 0 Å². The van der Waals surface area contributed by atoms with Gasteiger partial charge in [-0.1, -0.05) is 31.0 Å². The molecule has 0 saturated heterocycles. The minimum absolute atomic E-state index is 0.0379. The first-order valence-electron chi connectivity index (χ1n) is 8.14. The molecule has 114 valence electrons. The Hall–Kier alpha value is -1.39. The van der Waals surface area contributed by atoms with E-state index in [2.05, 4.69) is 16.3 Å². The Morgan fingerprint density at radius 2 is 1.95 bits per heavy atom. The maximum atomic E-state index is 12.7. The molecule has 2 aliphatic rings. The summed E-state index contributed by atoms with van der Waals surface area (Å²) in [6.45, 7) is 1.44. The highest BCUT2D eigenvalue weighted by Gasteiger charge is 2.33. The number of carbonyl (C=O) groups is 1. The second-order valence-electron chi connectivity index (χ2n) is 6.17. The van der Waals surface area contributed by atoms with Gasteiger partial charge in [0, 0.05) is 24.8 Å². The molecule has 0 radical (unpaired) electrons. The van der Waals surface area contributed by atoms with Gasteiger partial charge in [-0.15, -0.1) is 0 Å². The highest BCUT2D eigenvalue weighted by atomic mass is 16.2. The molecule has 1 fully saturated rings. The molecule has 0 spiro atoms. The van der Waals surface area contributed by atoms with Gasteiger partial charge in [-0.05, 0) is 37.3 Å². The van der Waals surface area contributed by atoms with Gasteiger partial charge in [0.05, 0.1) is 6.04 Å². The number of nitrogens with zero attached hydrogens (tertiary/aromatic N) is 1. The first-order valence-corrected chi connectivity index (χ1v) is 8.14. The number of nitrogens with two attached hydrogens (primary N) is 1. The molecule has 1 atom stereocenters. The predicted molar refractivity (Wildman–Crippen MR) is 85.2 cm³/mol. The lowest BCUT2D eigenvalue weighted by atomic mass is 10.0. The van der Waals surface area contributed by atoms with E-state index in [-0.39, 0.29) is 11.9 Å². The van der Waals surface area contributed by atoms with Crippen molar-refractivity contribution in [1.82, 2.24) is 4.90 Å². The standard InChI is InChI=1S/C17H25N3O/c18-11-12-20(14-6-2-3-7-14)16-10-9-13-5-1-4-8-15(13)19-17(16)21/h1,4-5,8,14,16H,2-3,6-7,9-12,18H2,(H,19,21). The molecule has 1 aliphatic heterocycles. The van der Waals surface area contributed by atoms with Crippen molar-refractivity contribution in [3.05, 3.63) is 29.8 Å². The smallest absolute Gasteiger partial charge is 0.241 e. The summed E-state index contributed by atoms with van der Waals surface area (Å²) < 4.78 is 0. The summed E-state index contributed by atoms with van der Waals surface area (Å²) in [6, 6.07) is 8.63. The third kappa shape index (κ3) is 3.11. The molecule has 1 aromatic rings. The van der Waals surface area contributed by atoms with Crippen molar-refractivity contribution in [3.8, 4) is 0 Å². The third-order valence-electron chi connectivity index (χ3n) is 4.85. The Morgan fingerprint density at radius 3 is 2.71 bits per heavy atom. The van der Waals surface area contributed by atoms with Gasteiger partial charge < -0.3 is 11.1 Å². The summed E-state index contributed by atoms with van der Waals surface area (Å²) in [4.78, 5) is 15.0. The van der Waals surface area contributed by atoms with Gasteiger partial charge in [-0.2, -0.15) is 0 Å². The molecule has 3 rings (SSSR count). The maximum absolute atomic E-state index is 12.7. The van der Waals surface area contributed by atoms with Crippen LogP contribution in [0.4, 0.5) is 5.69 Å². The topological polar surface area (TPSA) is 58.4 Å². The molecule has 1 aromatic carbocycles. The van der Waals surface area contributed by atoms with Gasteiger partial charge in [0.2, 0.25) is 5.91 Å². The first-order chi connectivity index (χ1) is 10.3. The van der Waals surface area contributed by atoms with Crippen LogP contribution in [-0.2, 0) is 11.2 Å². The van der Waals surface area contributed by atoms with E-state index >= 15 is 0 Å². The Bertz CT molecular complexity index is 497. The fourth-order valence-electron chi connectivity index (χ4n) is 3.79. The zero-order valence-corrected chi connectivity index (χ0v) is 12.6. The van der Waals surface area contributed by atoms with E-state index in [0.717, 1.165) is 25.1 Å². The van der Waals surface area contributed by atoms with Crippen molar-refractivity contribution >= 4 is 11.6 Å². The highest BCUT2D eigenvalue weighted by Crippen LogP contribution is 2.29. The van der Waals surface area contributed by atoms with Gasteiger partial charge >= 0.3 is 0 Å². The van der Waals surface area contributed by atoms with Crippen LogP contribution in [0.3, 0.4) is 0 Å². The first kappa shape index (κ1) is 14.5. The van der Waals surface area contributed by atoms with E-state index < -0.39 is 0 Å². The number of hydrogen-bond donors (Lipinski definition) is 2. The summed E-state index contributed by atoms with van der Waals surface area (Å²) in [5.41, 5.74) is 8.02. The van der Waals surface area contributed by atoms with E-state index in [0.29, 0.717) is 12.6 Å². The van der Waals surface area contributed by atoms with Crippen LogP contribution >= 0.6 is 0 Å². The number of fused-ring (bicyclic) bond motifs is 1. The molecule has 21 heavy (non-hydrogen) atoms. The molecular formula is C17H25N3O. The second kappa shape index (κ2) is 6.58. The summed E-state index contributed by atoms with van der Waals surface area (Å²) in [5, 5.41) is 3.11. The lowest BCUT2D eigenvalue weighted by Gasteiger charge is -2.34. The van der Waals surface area contributed by atoms with Gasteiger partial charge in [0.25, 0.3) is 0 Å². The molecule has 0 aromatic heterocycles. The summed E-state index contributed by atoms with van der Waals surface area (Å²) >= 11 is 0. The van der Waals surface area contributed by atoms with Crippen LogP contribution < -0.4 is 11.1 Å². The Morgan fingerprint density at radius 1 is 1.19 bits per heavy atom. The van der Waals surface area contributed by atoms with Crippen LogP contribution in [0.25, 0.3) is 0 Å². The number of aryl methyl sites for hydroxylation is 1. The van der Waals surface area contributed by atoms with Crippen molar-refractivity contribution in [2.45, 2.75) is 50.6 Å². The van der Waals surface area contributed by atoms with Crippen LogP contribution in [0.2, 0.25) is 0 Å². The van der Waals surface area contributed by atoms with Gasteiger partial charge in [-0.3, -0.25) is 9.69 Å². The molecule has 1 amide bonds. The molecule has 4 nitrogen and oxygen atoms in total. The Kier molecular flexibility index (Phi) is 4.56. The van der Waals surface area contributed by atoms with Crippen LogP contribution in [0.1, 0.15) is 37.7 Å². The normalized spacial score (nSPS) is 23.0. The minimum atomic E-state index is -0.0379. The fourth-order valence-corrected chi connectivity index (χ4v) is 3.79. The van der Waals surface area contributed by atoms with Crippen molar-refractivity contribution in [2.24, 2.45) is 5.73 Å². The van der Waals surface area contributed by atoms with Gasteiger partial charge in [0.15, 0.2) is 0 Å². The van der Waals surface area contributed by atoms with Gasteiger partial charge in [-0.25, -0.2) is 0 Å². The summed E-state index contributed by atoms with van der Waals surface area (Å²) in [5.74, 6) is 0.139. The van der Waals surface area contributed by atoms with Crippen molar-refractivity contribution in [2.75, 3.05) is 18.4 Å². The number of nitrogens with one attached hydrogen (secondary N) is 1. The monoisotopic (exact) mass is 287 g/mol. The third-order valence-corrected chi connectivity index (χ3v) is 4.85. The van der Waals surface area contributed by atoms with Crippen LogP contribution in [0.5, 0.6) is 0 Å². The Labute approximate surface area is 126 Å². The second-order valence-corrected chi connectivity index (χ2v) is 6.17. The molecule has 0 bridgehead atoms. The number of para-hydroxylation sites is 1. The van der Waals surface area contributed by atoms with E-state index in [1.165, 1.54) is 31.2 Å². The quantitative estimate of drug-likeness (QED) is 0.892. The van der Waals surface area contributed by atoms with Crippen LogP contribution in [0.15, 0.2) is 24.3 Å². The zero-order valence-electron chi connectivity index (χ0n) is 12.6. The SMILES string of the molecule is NCCN(C1CCCC1)C1CCc2ccccc2NC1=O. The minimum Gasteiger partial charge on any atom is -0.329 e. The molecule has 4 heteroatoms. The number of carbonyl (C=O) groups excluding carboxylic acids is 1. The van der Waals surface area contributed by atoms with Crippen LogP contribution in [-0.4, -0.2) is 36.0 Å². The molecule has 1 aliphatic carbocycles. The zero-order chi connectivity index (χ0) is 14.7. The summed E-state index contributed by atoms with van der Waals surface area (Å²) in [7, 11) is 0. The van der Waals surface area contributed by atoms with Crippen LogP contribution in [0, 0.1) is 0 Å². The lowest BCUT2D eigenvalue weighted by Crippen LogP contribution is -2.50. The maximum Gasteiger partial charge on any atom is 0.241 e. The van der Waals surface area contributed by atoms with Crippen molar-refractivity contribution < 1.29 is 4.79 Å². The van der Waals surface area contributed by atoms with E-state index in [4.69, 9.17) is 5.73 Å². The largest absolute Gasteiger partial charge is 0.329 e. The number of anilines is 1. The average molecular weight is 287 g/mol. The molecular weight excluding hydrogens is 262 g/mol. The summed E-state index contributed by atoms with van der Waals surface area (Å²) in [6.07, 6.45) is 6.81. The van der Waals surface area contributed by atoms with E-state index in [1.54, 1.807) is 0 Å². The fraction of sp³-hybridized carbons (Fsp3) is 0.588. The molecule has 3 N–H and O–H groups in total. The molecule has 1 unspecified atom stereocenters. The Balaban J connectivity index is 1.79. The number of hydrogen-bond acceptors (Lipinski definition) is 3. The molecule has 1 heterocycles. The average Bonchev–Trinajstić information content (AvgIpc) is 2.96.